The van der Waals surface area contributed by atoms with Crippen LogP contribution in [0.15, 0.2) is 23.3 Å². The van der Waals surface area contributed by atoms with Gasteiger partial charge in [0.15, 0.2) is 0 Å². The molecular weight excluding hydrogens is 552 g/mol. The first kappa shape index (κ1) is 29.2. The van der Waals surface area contributed by atoms with Crippen molar-refractivity contribution in [1.29, 1.82) is 5.26 Å². The number of hydrogen-bond donors (Lipinski definition) is 3. The van der Waals surface area contributed by atoms with E-state index in [1.807, 2.05) is 19.2 Å². The van der Waals surface area contributed by atoms with Crippen LogP contribution in [0.2, 0.25) is 0 Å². The summed E-state index contributed by atoms with van der Waals surface area (Å²) in [6.45, 7) is 4.67. The van der Waals surface area contributed by atoms with E-state index < -0.39 is 0 Å². The number of piperidine rings is 2. The predicted octanol–water partition coefficient (Wildman–Crippen LogP) is 5.27. The first-order chi connectivity index (χ1) is 21.6. The molecule has 1 aromatic carbocycles. The minimum absolute atomic E-state index is 0.124. The molecule has 234 valence electrons. The van der Waals surface area contributed by atoms with Crippen LogP contribution in [0.5, 0.6) is 5.75 Å². The molecule has 1 unspecified atom stereocenters. The Bertz CT molecular complexity index is 1420. The van der Waals surface area contributed by atoms with Crippen LogP contribution in [0.1, 0.15) is 104 Å². The van der Waals surface area contributed by atoms with E-state index >= 15 is 0 Å². The van der Waals surface area contributed by atoms with Gasteiger partial charge in [-0.15, -0.1) is 0 Å². The highest BCUT2D eigenvalue weighted by molar-refractivity contribution is 6.01. The number of ether oxygens (including phenoxy) is 1. The van der Waals surface area contributed by atoms with Gasteiger partial charge in [0, 0.05) is 49.5 Å². The minimum atomic E-state index is -0.181. The second kappa shape index (κ2) is 12.8. The second-order valence-corrected chi connectivity index (χ2v) is 13.2. The lowest BCUT2D eigenvalue weighted by Gasteiger charge is -2.40. The third kappa shape index (κ3) is 5.68. The van der Waals surface area contributed by atoms with Crippen molar-refractivity contribution in [1.82, 2.24) is 25.0 Å². The quantitative estimate of drug-likeness (QED) is 0.430. The topological polar surface area (TPSA) is 112 Å². The zero-order valence-corrected chi connectivity index (χ0v) is 26.0. The molecule has 44 heavy (non-hydrogen) atoms. The molecule has 2 saturated heterocycles. The lowest BCUT2D eigenvalue weighted by Crippen LogP contribution is -2.48. The molecule has 7 rings (SSSR count). The molecule has 1 aromatic heterocycles. The van der Waals surface area contributed by atoms with Gasteiger partial charge in [-0.25, -0.2) is 0 Å². The molecule has 1 saturated carbocycles. The summed E-state index contributed by atoms with van der Waals surface area (Å²) in [5.74, 6) is 2.25. The number of aliphatic imine (C=N–C) groups is 1. The number of hydrogen-bond acceptors (Lipinski definition) is 8. The number of carbonyl (C=O) groups is 1. The average Bonchev–Trinajstić information content (AvgIpc) is 3.50. The lowest BCUT2D eigenvalue weighted by atomic mass is 9.94. The van der Waals surface area contributed by atoms with Crippen molar-refractivity contribution in [3.63, 3.8) is 0 Å². The number of amides is 1. The second-order valence-electron chi connectivity index (χ2n) is 13.2. The van der Waals surface area contributed by atoms with Gasteiger partial charge in [-0.3, -0.25) is 10.1 Å². The Morgan fingerprint density at radius 1 is 1.02 bits per heavy atom. The number of aromatic amines is 1. The van der Waals surface area contributed by atoms with Gasteiger partial charge in [-0.05, 0) is 76.6 Å². The summed E-state index contributed by atoms with van der Waals surface area (Å²) >= 11 is 0. The van der Waals surface area contributed by atoms with Gasteiger partial charge in [0.05, 0.1) is 23.4 Å². The lowest BCUT2D eigenvalue weighted by molar-refractivity contribution is 0.0588. The molecule has 10 nitrogen and oxygen atoms in total. The van der Waals surface area contributed by atoms with E-state index in [1.165, 1.54) is 51.6 Å². The van der Waals surface area contributed by atoms with Crippen LogP contribution in [0.4, 0.5) is 11.5 Å². The Hall–Kier alpha value is -3.55. The van der Waals surface area contributed by atoms with Gasteiger partial charge in [0.2, 0.25) is 5.96 Å². The van der Waals surface area contributed by atoms with Crippen LogP contribution in [0.3, 0.4) is 0 Å². The van der Waals surface area contributed by atoms with Gasteiger partial charge < -0.3 is 29.7 Å². The average molecular weight is 599 g/mol. The molecule has 4 aliphatic heterocycles. The van der Waals surface area contributed by atoms with Crippen molar-refractivity contribution in [3.8, 4) is 11.8 Å². The highest BCUT2D eigenvalue weighted by Gasteiger charge is 2.35. The number of anilines is 1. The summed E-state index contributed by atoms with van der Waals surface area (Å²) in [5.41, 5.74) is 4.09. The molecular formula is C34H46N8O2. The monoisotopic (exact) mass is 598 g/mol. The summed E-state index contributed by atoms with van der Waals surface area (Å²) < 4.78 is 6.27. The van der Waals surface area contributed by atoms with Crippen LogP contribution >= 0.6 is 0 Å². The van der Waals surface area contributed by atoms with E-state index in [1.54, 1.807) is 6.20 Å². The maximum atomic E-state index is 13.9. The summed E-state index contributed by atoms with van der Waals surface area (Å²) in [6.07, 6.45) is 15.4. The normalized spacial score (nSPS) is 23.3. The first-order valence-corrected chi connectivity index (χ1v) is 16.9. The zero-order chi connectivity index (χ0) is 30.0. The molecule has 10 heteroatoms. The molecule has 1 aliphatic carbocycles. The molecule has 3 N–H and O–H groups in total. The van der Waals surface area contributed by atoms with Crippen LogP contribution in [-0.4, -0.2) is 83.5 Å². The smallest absolute Gasteiger partial charge is 0.254 e. The molecule has 1 amide bonds. The SMILES string of the molecule is CN1C(Nc2ccc(C(=O)N3CCC(N4CCCCC4)CC3)c3c2OCCC3)=Nc2[nH]cc(C#N)c2C1NC1CCCCC1. The number of likely N-dealkylation sites (tertiary alicyclic amines) is 2. The molecule has 2 aromatic rings. The number of H-pyrrole nitrogens is 1. The van der Waals surface area contributed by atoms with Gasteiger partial charge in [-0.2, -0.15) is 10.3 Å². The molecule has 5 heterocycles. The third-order valence-corrected chi connectivity index (χ3v) is 10.4. The third-order valence-electron chi connectivity index (χ3n) is 10.4. The van der Waals surface area contributed by atoms with Crippen LogP contribution < -0.4 is 15.4 Å². The fraction of sp³-hybridized carbons (Fsp3) is 0.618. The minimum Gasteiger partial charge on any atom is -0.491 e. The molecule has 0 radical (unpaired) electrons. The summed E-state index contributed by atoms with van der Waals surface area (Å²) in [4.78, 5) is 28.8. The van der Waals surface area contributed by atoms with E-state index in [9.17, 15) is 10.1 Å². The van der Waals surface area contributed by atoms with Crippen molar-refractivity contribution >= 4 is 23.4 Å². The Morgan fingerprint density at radius 3 is 2.57 bits per heavy atom. The number of rotatable bonds is 5. The van der Waals surface area contributed by atoms with Crippen molar-refractivity contribution < 1.29 is 9.53 Å². The Kier molecular flexibility index (Phi) is 8.50. The molecule has 0 bridgehead atoms. The van der Waals surface area contributed by atoms with E-state index in [4.69, 9.17) is 9.73 Å². The number of nitrogens with one attached hydrogen (secondary N) is 3. The number of fused-ring (bicyclic) bond motifs is 2. The standard InChI is InChI=1S/C34H46N8O2/c1-40-32(37-24-9-4-2-5-10-24)29-23(21-35)22-36-31(29)39-34(40)38-28-13-12-27(26-11-8-20-44-30(26)28)33(43)42-18-14-25(15-19-42)41-16-6-3-7-17-41/h12-13,22,24-25,32,36-37H,2-11,14-20H2,1H3,(H,38,39). The maximum absolute atomic E-state index is 13.9. The van der Waals surface area contributed by atoms with Gasteiger partial charge in [0.1, 0.15) is 23.8 Å². The van der Waals surface area contributed by atoms with Crippen LogP contribution in [-0.2, 0) is 6.42 Å². The van der Waals surface area contributed by atoms with Crippen LogP contribution in [0, 0.1) is 11.3 Å². The molecule has 0 spiro atoms. The van der Waals surface area contributed by atoms with Crippen molar-refractivity contribution in [2.75, 3.05) is 45.2 Å². The number of benzene rings is 1. The van der Waals surface area contributed by atoms with Gasteiger partial charge >= 0.3 is 0 Å². The van der Waals surface area contributed by atoms with E-state index in [0.29, 0.717) is 36.0 Å². The summed E-state index contributed by atoms with van der Waals surface area (Å²) in [7, 11) is 2.02. The molecule has 1 atom stereocenters. The first-order valence-electron chi connectivity index (χ1n) is 16.9. The van der Waals surface area contributed by atoms with Crippen molar-refractivity contribution in [2.45, 2.75) is 95.3 Å². The summed E-state index contributed by atoms with van der Waals surface area (Å²) in [5, 5.41) is 17.2. The number of guanidine groups is 1. The van der Waals surface area contributed by atoms with Crippen molar-refractivity contribution in [3.05, 3.63) is 40.6 Å². The van der Waals surface area contributed by atoms with Gasteiger partial charge in [0.25, 0.3) is 5.91 Å². The highest BCUT2D eigenvalue weighted by Crippen LogP contribution is 2.40. The number of carbonyl (C=O) groups excluding carboxylic acids is 1. The predicted molar refractivity (Wildman–Crippen MR) is 171 cm³/mol. The molecule has 5 aliphatic rings. The Balaban J connectivity index is 1.11. The van der Waals surface area contributed by atoms with Crippen LogP contribution in [0.25, 0.3) is 0 Å². The van der Waals surface area contributed by atoms with E-state index in [2.05, 4.69) is 36.4 Å². The zero-order valence-electron chi connectivity index (χ0n) is 26.0. The van der Waals surface area contributed by atoms with Crippen molar-refractivity contribution in [2.24, 2.45) is 4.99 Å². The number of nitrogens with zero attached hydrogens (tertiary/aromatic N) is 5. The maximum Gasteiger partial charge on any atom is 0.254 e. The highest BCUT2D eigenvalue weighted by atomic mass is 16.5. The largest absolute Gasteiger partial charge is 0.491 e. The molecule has 3 fully saturated rings. The summed E-state index contributed by atoms with van der Waals surface area (Å²) in [6, 6.07) is 7.30. The fourth-order valence-corrected chi connectivity index (χ4v) is 7.96. The van der Waals surface area contributed by atoms with E-state index in [-0.39, 0.29) is 12.1 Å². The van der Waals surface area contributed by atoms with E-state index in [0.717, 1.165) is 79.7 Å². The number of aromatic nitrogens is 1. The number of nitriles is 1. The Labute approximate surface area is 260 Å². The van der Waals surface area contributed by atoms with Gasteiger partial charge in [-0.1, -0.05) is 25.7 Å². The Morgan fingerprint density at radius 2 is 1.80 bits per heavy atom. The fourth-order valence-electron chi connectivity index (χ4n) is 7.96.